The molecule has 1 atom stereocenters. The van der Waals surface area contributed by atoms with Gasteiger partial charge in [-0.25, -0.2) is 4.79 Å². The van der Waals surface area contributed by atoms with Gasteiger partial charge in [-0.05, 0) is 38.0 Å². The number of imide groups is 1. The van der Waals surface area contributed by atoms with Crippen molar-refractivity contribution in [2.24, 2.45) is 0 Å². The lowest BCUT2D eigenvalue weighted by molar-refractivity contribution is -0.135. The second-order valence-electron chi connectivity index (χ2n) is 7.54. The van der Waals surface area contributed by atoms with E-state index in [1.807, 2.05) is 81.4 Å². The van der Waals surface area contributed by atoms with E-state index >= 15 is 0 Å². The summed E-state index contributed by atoms with van der Waals surface area (Å²) in [6, 6.07) is 17.9. The molecule has 0 unspecified atom stereocenters. The minimum atomic E-state index is -1.12. The van der Waals surface area contributed by atoms with Crippen molar-refractivity contribution in [1.29, 1.82) is 0 Å². The van der Waals surface area contributed by atoms with Gasteiger partial charge in [0.25, 0.3) is 5.91 Å². The number of benzene rings is 2. The topological polar surface area (TPSA) is 69.7 Å². The van der Waals surface area contributed by atoms with Gasteiger partial charge >= 0.3 is 6.03 Å². The van der Waals surface area contributed by atoms with Crippen LogP contribution >= 0.6 is 0 Å². The minimum absolute atomic E-state index is 0.111. The van der Waals surface area contributed by atoms with Crippen LogP contribution in [0.15, 0.2) is 60.7 Å². The number of urea groups is 1. The fourth-order valence-corrected chi connectivity index (χ4v) is 3.91. The van der Waals surface area contributed by atoms with Gasteiger partial charge in [-0.3, -0.25) is 14.5 Å². The summed E-state index contributed by atoms with van der Waals surface area (Å²) in [5.74, 6) is -0.671. The predicted molar refractivity (Wildman–Crippen MR) is 112 cm³/mol. The largest absolute Gasteiger partial charge is 0.325 e. The molecule has 0 spiro atoms. The number of hydrogen-bond donors (Lipinski definition) is 1. The fraction of sp³-hybridized carbons (Fsp3) is 0.348. The summed E-state index contributed by atoms with van der Waals surface area (Å²) >= 11 is 0. The van der Waals surface area contributed by atoms with Crippen molar-refractivity contribution >= 4 is 23.5 Å². The lowest BCUT2D eigenvalue weighted by atomic mass is 9.85. The third-order valence-electron chi connectivity index (χ3n) is 5.18. The highest BCUT2D eigenvalue weighted by molar-refractivity contribution is 6.10. The second-order valence-corrected chi connectivity index (χ2v) is 7.54. The average Bonchev–Trinajstić information content (AvgIpc) is 2.95. The van der Waals surface area contributed by atoms with Crippen LogP contribution in [0.3, 0.4) is 0 Å². The first-order valence-electron chi connectivity index (χ1n) is 9.97. The first-order chi connectivity index (χ1) is 13.9. The Bertz CT molecular complexity index is 883. The number of nitrogens with zero attached hydrogens (tertiary/aromatic N) is 2. The van der Waals surface area contributed by atoms with Crippen LogP contribution in [0.5, 0.6) is 0 Å². The van der Waals surface area contributed by atoms with E-state index in [1.54, 1.807) is 4.90 Å². The molecule has 152 valence electrons. The summed E-state index contributed by atoms with van der Waals surface area (Å²) in [6.07, 6.45) is 1.18. The number of carbonyl (C=O) groups is 3. The van der Waals surface area contributed by atoms with Gasteiger partial charge in [0.2, 0.25) is 5.91 Å². The summed E-state index contributed by atoms with van der Waals surface area (Å²) in [6.45, 7) is 5.48. The van der Waals surface area contributed by atoms with Crippen LogP contribution in [0.2, 0.25) is 0 Å². The average molecular weight is 393 g/mol. The van der Waals surface area contributed by atoms with E-state index in [2.05, 4.69) is 5.32 Å². The number of rotatable bonds is 7. The van der Waals surface area contributed by atoms with E-state index in [1.165, 1.54) is 0 Å². The van der Waals surface area contributed by atoms with E-state index in [-0.39, 0.29) is 24.4 Å². The molecule has 6 heteroatoms. The molecule has 1 aliphatic heterocycles. The van der Waals surface area contributed by atoms with Gasteiger partial charge in [-0.2, -0.15) is 0 Å². The van der Waals surface area contributed by atoms with E-state index in [4.69, 9.17) is 0 Å². The number of anilines is 1. The number of para-hydroxylation sites is 1. The monoisotopic (exact) mass is 393 g/mol. The molecule has 0 aliphatic carbocycles. The van der Waals surface area contributed by atoms with Crippen LogP contribution in [-0.2, 0) is 15.1 Å². The molecular weight excluding hydrogens is 366 g/mol. The van der Waals surface area contributed by atoms with Crippen LogP contribution in [0, 0.1) is 0 Å². The third-order valence-corrected chi connectivity index (χ3v) is 5.18. The molecule has 3 rings (SSSR count). The van der Waals surface area contributed by atoms with Crippen molar-refractivity contribution < 1.29 is 14.4 Å². The van der Waals surface area contributed by atoms with Gasteiger partial charge in [0.05, 0.1) is 0 Å². The fourth-order valence-electron chi connectivity index (χ4n) is 3.91. The van der Waals surface area contributed by atoms with E-state index in [0.29, 0.717) is 12.8 Å². The Kier molecular flexibility index (Phi) is 6.01. The van der Waals surface area contributed by atoms with Gasteiger partial charge in [0.15, 0.2) is 0 Å². The first-order valence-corrected chi connectivity index (χ1v) is 9.97. The van der Waals surface area contributed by atoms with E-state index < -0.39 is 11.6 Å². The molecular formula is C23H27N3O3. The minimum Gasteiger partial charge on any atom is -0.319 e. The molecule has 0 radical (unpaired) electrons. The molecule has 2 aromatic rings. The van der Waals surface area contributed by atoms with Crippen LogP contribution in [0.25, 0.3) is 0 Å². The lowest BCUT2D eigenvalue weighted by Crippen LogP contribution is -2.47. The van der Waals surface area contributed by atoms with Crippen LogP contribution in [0.1, 0.15) is 39.2 Å². The summed E-state index contributed by atoms with van der Waals surface area (Å²) in [5.41, 5.74) is 0.351. The van der Waals surface area contributed by atoms with Gasteiger partial charge in [0, 0.05) is 11.7 Å². The maximum absolute atomic E-state index is 13.4. The third kappa shape index (κ3) is 3.88. The molecule has 6 nitrogen and oxygen atoms in total. The number of carbonyl (C=O) groups excluding carboxylic acids is 3. The molecule has 1 N–H and O–H groups in total. The van der Waals surface area contributed by atoms with Crippen molar-refractivity contribution in [2.75, 3.05) is 11.4 Å². The van der Waals surface area contributed by atoms with E-state index in [9.17, 15) is 14.4 Å². The Balaban J connectivity index is 1.88. The number of amides is 4. The zero-order chi connectivity index (χ0) is 21.0. The van der Waals surface area contributed by atoms with Crippen LogP contribution in [0.4, 0.5) is 10.5 Å². The zero-order valence-corrected chi connectivity index (χ0v) is 17.1. The van der Waals surface area contributed by atoms with Crippen LogP contribution < -0.4 is 10.2 Å². The number of hydrogen-bond acceptors (Lipinski definition) is 3. The Morgan fingerprint density at radius 2 is 1.62 bits per heavy atom. The van der Waals surface area contributed by atoms with Gasteiger partial charge in [-0.15, -0.1) is 0 Å². The van der Waals surface area contributed by atoms with Crippen molar-refractivity contribution in [1.82, 2.24) is 10.2 Å². The summed E-state index contributed by atoms with van der Waals surface area (Å²) in [7, 11) is 0. The molecule has 1 aliphatic rings. The summed E-state index contributed by atoms with van der Waals surface area (Å²) in [4.78, 5) is 41.8. The number of nitrogens with one attached hydrogen (secondary N) is 1. The Labute approximate surface area is 171 Å². The van der Waals surface area contributed by atoms with Crippen molar-refractivity contribution in [3.05, 3.63) is 66.2 Å². The normalized spacial score (nSPS) is 18.8. The summed E-state index contributed by atoms with van der Waals surface area (Å²) in [5, 5.41) is 2.86. The quantitative estimate of drug-likeness (QED) is 0.730. The Hall–Kier alpha value is -3.15. The predicted octanol–water partition coefficient (Wildman–Crippen LogP) is 3.68. The van der Waals surface area contributed by atoms with Crippen molar-refractivity contribution in [3.8, 4) is 0 Å². The molecule has 1 fully saturated rings. The Morgan fingerprint density at radius 1 is 1.03 bits per heavy atom. The Morgan fingerprint density at radius 3 is 2.17 bits per heavy atom. The lowest BCUT2D eigenvalue weighted by Gasteiger charge is -2.29. The molecule has 4 amide bonds. The second kappa shape index (κ2) is 8.47. The van der Waals surface area contributed by atoms with Gasteiger partial charge < -0.3 is 10.2 Å². The molecule has 0 aromatic heterocycles. The van der Waals surface area contributed by atoms with Crippen molar-refractivity contribution in [2.45, 2.75) is 45.2 Å². The summed E-state index contributed by atoms with van der Waals surface area (Å²) < 4.78 is 0. The molecule has 1 saturated heterocycles. The smallest absolute Gasteiger partial charge is 0.319 e. The van der Waals surface area contributed by atoms with Gasteiger partial charge in [-0.1, -0.05) is 61.9 Å². The van der Waals surface area contributed by atoms with Crippen LogP contribution in [-0.4, -0.2) is 35.3 Å². The highest BCUT2D eigenvalue weighted by Crippen LogP contribution is 2.33. The maximum atomic E-state index is 13.4. The van der Waals surface area contributed by atoms with E-state index in [0.717, 1.165) is 16.2 Å². The molecule has 2 aromatic carbocycles. The maximum Gasteiger partial charge on any atom is 0.325 e. The first kappa shape index (κ1) is 20.6. The molecule has 29 heavy (non-hydrogen) atoms. The SMILES string of the molecule is CCC[C@]1(c2ccccc2)NC(=O)N(CC(=O)N(c2ccccc2)C(C)C)C1=O. The van der Waals surface area contributed by atoms with Gasteiger partial charge in [0.1, 0.15) is 12.1 Å². The molecule has 1 heterocycles. The highest BCUT2D eigenvalue weighted by Gasteiger charge is 2.52. The zero-order valence-electron chi connectivity index (χ0n) is 17.1. The molecule has 0 saturated carbocycles. The van der Waals surface area contributed by atoms with Crippen molar-refractivity contribution in [3.63, 3.8) is 0 Å². The molecule has 0 bridgehead atoms. The highest BCUT2D eigenvalue weighted by atomic mass is 16.2. The standard InChI is InChI=1S/C23H27N3O3/c1-4-15-23(18-11-7-5-8-12-18)21(28)25(22(29)24-23)16-20(27)26(17(2)3)19-13-9-6-10-14-19/h5-14,17H,4,15-16H2,1-3H3,(H,24,29)/t23-/m1/s1.